The number of carbonyl (C=O) groups excluding carboxylic acids is 1. The molecule has 0 spiro atoms. The van der Waals surface area contributed by atoms with E-state index < -0.39 is 10.9 Å². The van der Waals surface area contributed by atoms with Gasteiger partial charge in [0.2, 0.25) is 5.89 Å². The van der Waals surface area contributed by atoms with Crippen LogP contribution in [0.15, 0.2) is 52.9 Å². The Morgan fingerprint density at radius 2 is 1.80 bits per heavy atom. The fourth-order valence-electron chi connectivity index (χ4n) is 1.95. The summed E-state index contributed by atoms with van der Waals surface area (Å²) in [5, 5.41) is 18.8. The standard InChI is InChI=1S/C16H10ClN3O5/c17-12-5-1-11(2-6-12)16(21)24-9-14-18-19-15(25-14)10-3-7-13(8-4-10)20(22)23/h1-8H,9H2. The maximum Gasteiger partial charge on any atom is 0.338 e. The second-order valence-electron chi connectivity index (χ2n) is 4.89. The number of carbonyl (C=O) groups is 1. The maximum absolute atomic E-state index is 11.9. The summed E-state index contributed by atoms with van der Waals surface area (Å²) >= 11 is 5.75. The fourth-order valence-corrected chi connectivity index (χ4v) is 2.08. The van der Waals surface area contributed by atoms with E-state index in [1.54, 1.807) is 24.3 Å². The van der Waals surface area contributed by atoms with Crippen LogP contribution >= 0.6 is 11.6 Å². The average molecular weight is 360 g/mol. The molecule has 25 heavy (non-hydrogen) atoms. The molecule has 0 unspecified atom stereocenters. The van der Waals surface area contributed by atoms with Crippen LogP contribution in [-0.4, -0.2) is 21.1 Å². The molecule has 0 fully saturated rings. The van der Waals surface area contributed by atoms with E-state index in [1.807, 2.05) is 0 Å². The second kappa shape index (κ2) is 7.10. The van der Waals surface area contributed by atoms with E-state index in [2.05, 4.69) is 10.2 Å². The van der Waals surface area contributed by atoms with E-state index in [1.165, 1.54) is 24.3 Å². The summed E-state index contributed by atoms with van der Waals surface area (Å²) in [6.07, 6.45) is 0. The molecule has 1 heterocycles. The number of hydrogen-bond donors (Lipinski definition) is 0. The van der Waals surface area contributed by atoms with Gasteiger partial charge in [-0.05, 0) is 36.4 Å². The topological polar surface area (TPSA) is 108 Å². The van der Waals surface area contributed by atoms with Gasteiger partial charge in [-0.15, -0.1) is 10.2 Å². The zero-order valence-corrected chi connectivity index (χ0v) is 13.3. The molecule has 0 aliphatic carbocycles. The quantitative estimate of drug-likeness (QED) is 0.388. The van der Waals surface area contributed by atoms with Gasteiger partial charge in [0.05, 0.1) is 10.5 Å². The number of esters is 1. The Balaban J connectivity index is 1.64. The summed E-state index contributed by atoms with van der Waals surface area (Å²) < 4.78 is 10.5. The van der Waals surface area contributed by atoms with Crippen molar-refractivity contribution in [3.8, 4) is 11.5 Å². The highest BCUT2D eigenvalue weighted by Gasteiger charge is 2.13. The minimum atomic E-state index is -0.549. The van der Waals surface area contributed by atoms with Crippen LogP contribution in [-0.2, 0) is 11.3 Å². The lowest BCUT2D eigenvalue weighted by molar-refractivity contribution is -0.384. The van der Waals surface area contributed by atoms with Crippen LogP contribution in [0.4, 0.5) is 5.69 Å². The minimum Gasteiger partial charge on any atom is -0.452 e. The van der Waals surface area contributed by atoms with Crippen LogP contribution in [0, 0.1) is 10.1 Å². The number of ether oxygens (including phenoxy) is 1. The molecule has 0 radical (unpaired) electrons. The fraction of sp³-hybridized carbons (Fsp3) is 0.0625. The number of benzene rings is 2. The molecule has 0 aliphatic rings. The van der Waals surface area contributed by atoms with Crippen LogP contribution in [0.1, 0.15) is 16.2 Å². The van der Waals surface area contributed by atoms with Gasteiger partial charge < -0.3 is 9.15 Å². The van der Waals surface area contributed by atoms with Gasteiger partial charge >= 0.3 is 5.97 Å². The third-order valence-electron chi connectivity index (χ3n) is 3.20. The molecular weight excluding hydrogens is 350 g/mol. The Kier molecular flexibility index (Phi) is 4.71. The lowest BCUT2D eigenvalue weighted by Gasteiger charge is -2.01. The summed E-state index contributed by atoms with van der Waals surface area (Å²) in [6, 6.07) is 11.9. The number of non-ortho nitro benzene ring substituents is 1. The number of hydrogen-bond acceptors (Lipinski definition) is 7. The second-order valence-corrected chi connectivity index (χ2v) is 5.32. The van der Waals surface area contributed by atoms with Crippen LogP contribution in [0.2, 0.25) is 5.02 Å². The van der Waals surface area contributed by atoms with Crippen molar-refractivity contribution in [3.63, 3.8) is 0 Å². The Bertz CT molecular complexity index is 906. The molecule has 0 N–H and O–H groups in total. The van der Waals surface area contributed by atoms with Gasteiger partial charge in [-0.3, -0.25) is 10.1 Å². The first-order chi connectivity index (χ1) is 12.0. The molecule has 126 valence electrons. The maximum atomic E-state index is 11.9. The number of aromatic nitrogens is 2. The van der Waals surface area contributed by atoms with E-state index in [-0.39, 0.29) is 24.1 Å². The Hall–Kier alpha value is -3.26. The molecule has 3 rings (SSSR count). The number of halogens is 1. The van der Waals surface area contributed by atoms with Crippen molar-refractivity contribution >= 4 is 23.3 Å². The first-order valence-electron chi connectivity index (χ1n) is 7.03. The smallest absolute Gasteiger partial charge is 0.338 e. The molecule has 0 bridgehead atoms. The summed E-state index contributed by atoms with van der Waals surface area (Å²) in [4.78, 5) is 22.0. The summed E-state index contributed by atoms with van der Waals surface area (Å²) in [5.74, 6) is -0.269. The molecule has 0 saturated carbocycles. The highest BCUT2D eigenvalue weighted by atomic mass is 35.5. The van der Waals surface area contributed by atoms with Gasteiger partial charge in [0, 0.05) is 22.7 Å². The molecule has 0 atom stereocenters. The first kappa shape index (κ1) is 16.6. The van der Waals surface area contributed by atoms with E-state index in [9.17, 15) is 14.9 Å². The van der Waals surface area contributed by atoms with Crippen LogP contribution in [0.3, 0.4) is 0 Å². The highest BCUT2D eigenvalue weighted by Crippen LogP contribution is 2.21. The van der Waals surface area contributed by atoms with Crippen LogP contribution < -0.4 is 0 Å². The zero-order valence-electron chi connectivity index (χ0n) is 12.6. The Morgan fingerprint density at radius 1 is 1.12 bits per heavy atom. The number of nitro groups is 1. The van der Waals surface area contributed by atoms with Crippen LogP contribution in [0.5, 0.6) is 0 Å². The molecule has 2 aromatic carbocycles. The van der Waals surface area contributed by atoms with Crippen molar-refractivity contribution < 1.29 is 18.9 Å². The molecule has 3 aromatic rings. The van der Waals surface area contributed by atoms with Gasteiger partial charge in [-0.25, -0.2) is 4.79 Å². The highest BCUT2D eigenvalue weighted by molar-refractivity contribution is 6.30. The predicted molar refractivity (Wildman–Crippen MR) is 87.0 cm³/mol. The molecule has 0 amide bonds. The average Bonchev–Trinajstić information content (AvgIpc) is 3.09. The van der Waals surface area contributed by atoms with E-state index >= 15 is 0 Å². The van der Waals surface area contributed by atoms with Gasteiger partial charge in [-0.1, -0.05) is 11.6 Å². The van der Waals surface area contributed by atoms with E-state index in [0.717, 1.165) is 0 Å². The zero-order chi connectivity index (χ0) is 17.8. The monoisotopic (exact) mass is 359 g/mol. The molecule has 8 nitrogen and oxygen atoms in total. The summed E-state index contributed by atoms with van der Waals surface area (Å²) in [7, 11) is 0. The van der Waals surface area contributed by atoms with Gasteiger partial charge in [0.25, 0.3) is 11.6 Å². The number of nitro benzene ring substituents is 1. The number of nitrogens with zero attached hydrogens (tertiary/aromatic N) is 3. The molecular formula is C16H10ClN3O5. The molecule has 9 heteroatoms. The first-order valence-corrected chi connectivity index (χ1v) is 7.40. The van der Waals surface area contributed by atoms with E-state index in [4.69, 9.17) is 20.8 Å². The number of rotatable bonds is 5. The van der Waals surface area contributed by atoms with E-state index in [0.29, 0.717) is 16.1 Å². The van der Waals surface area contributed by atoms with Crippen molar-refractivity contribution in [2.45, 2.75) is 6.61 Å². The van der Waals surface area contributed by atoms with Gasteiger partial charge in [0.1, 0.15) is 0 Å². The molecule has 1 aromatic heterocycles. The van der Waals surface area contributed by atoms with Gasteiger partial charge in [-0.2, -0.15) is 0 Å². The van der Waals surface area contributed by atoms with Gasteiger partial charge in [0.15, 0.2) is 6.61 Å². The van der Waals surface area contributed by atoms with Crippen molar-refractivity contribution in [3.05, 3.63) is 75.1 Å². The van der Waals surface area contributed by atoms with Crippen molar-refractivity contribution in [2.24, 2.45) is 0 Å². The lowest BCUT2D eigenvalue weighted by Crippen LogP contribution is -2.05. The van der Waals surface area contributed by atoms with Crippen molar-refractivity contribution in [2.75, 3.05) is 0 Å². The van der Waals surface area contributed by atoms with Crippen molar-refractivity contribution in [1.82, 2.24) is 10.2 Å². The predicted octanol–water partition coefficient (Wildman–Crippen LogP) is 3.66. The largest absolute Gasteiger partial charge is 0.452 e. The lowest BCUT2D eigenvalue weighted by atomic mass is 10.2. The Labute approximate surface area is 146 Å². The van der Waals surface area contributed by atoms with Crippen LogP contribution in [0.25, 0.3) is 11.5 Å². The Morgan fingerprint density at radius 3 is 2.44 bits per heavy atom. The molecule has 0 saturated heterocycles. The molecule has 0 aliphatic heterocycles. The SMILES string of the molecule is O=C(OCc1nnc(-c2ccc([N+](=O)[O-])cc2)o1)c1ccc(Cl)cc1. The van der Waals surface area contributed by atoms with Crippen molar-refractivity contribution in [1.29, 1.82) is 0 Å². The summed E-state index contributed by atoms with van der Waals surface area (Å²) in [6.45, 7) is -0.193. The third kappa shape index (κ3) is 3.99. The third-order valence-corrected chi connectivity index (χ3v) is 3.45. The summed E-state index contributed by atoms with van der Waals surface area (Å²) in [5.41, 5.74) is 0.827. The normalized spacial score (nSPS) is 10.4. The minimum absolute atomic E-state index is 0.0413.